The number of aliphatic hydroxyl groups is 1. The van der Waals surface area contributed by atoms with E-state index in [0.717, 1.165) is 37.7 Å². The molecular formula is C32H47N3O9. The average Bonchev–Trinajstić information content (AvgIpc) is 2.97. The number of alkyl carbamates (subject to hydrolysis) is 1. The normalized spacial score (nSPS) is 23.6. The fourth-order valence-electron chi connectivity index (χ4n) is 5.34. The summed E-state index contributed by atoms with van der Waals surface area (Å²) in [5.74, 6) is -2.69. The molecule has 1 aromatic carbocycles. The van der Waals surface area contributed by atoms with Crippen LogP contribution in [0.2, 0.25) is 0 Å². The quantitative estimate of drug-likeness (QED) is 0.265. The van der Waals surface area contributed by atoms with Gasteiger partial charge in [-0.3, -0.25) is 14.4 Å². The number of hydrogen-bond donors (Lipinski definition) is 4. The van der Waals surface area contributed by atoms with Crippen LogP contribution in [-0.2, 0) is 39.8 Å². The minimum Gasteiger partial charge on any atom is -0.464 e. The zero-order valence-corrected chi connectivity index (χ0v) is 26.0. The monoisotopic (exact) mass is 617 g/mol. The van der Waals surface area contributed by atoms with Crippen LogP contribution in [0.5, 0.6) is 0 Å². The Hall–Kier alpha value is -3.67. The lowest BCUT2D eigenvalue weighted by Gasteiger charge is -2.31. The molecule has 0 bridgehead atoms. The molecule has 1 saturated heterocycles. The Morgan fingerprint density at radius 3 is 2.41 bits per heavy atom. The number of carbonyl (C=O) groups excluding carboxylic acids is 5. The predicted molar refractivity (Wildman–Crippen MR) is 160 cm³/mol. The van der Waals surface area contributed by atoms with Gasteiger partial charge in [0.05, 0.1) is 12.6 Å². The maximum absolute atomic E-state index is 13.6. The second-order valence-corrected chi connectivity index (χ2v) is 12.6. The molecule has 1 aromatic rings. The average molecular weight is 618 g/mol. The van der Waals surface area contributed by atoms with Gasteiger partial charge >= 0.3 is 18.0 Å². The summed E-state index contributed by atoms with van der Waals surface area (Å²) < 4.78 is 15.9. The number of esters is 2. The third-order valence-corrected chi connectivity index (χ3v) is 7.62. The highest BCUT2D eigenvalue weighted by Gasteiger charge is 2.35. The number of ether oxygens (including phenoxy) is 3. The molecule has 1 aliphatic carbocycles. The number of benzene rings is 1. The highest BCUT2D eigenvalue weighted by molar-refractivity contribution is 5.92. The number of cyclic esters (lactones) is 2. The number of rotatable bonds is 7. The van der Waals surface area contributed by atoms with Crippen molar-refractivity contribution < 1.29 is 43.3 Å². The van der Waals surface area contributed by atoms with E-state index < -0.39 is 66.3 Å². The van der Waals surface area contributed by atoms with E-state index in [9.17, 15) is 29.1 Å². The van der Waals surface area contributed by atoms with Gasteiger partial charge in [0.1, 0.15) is 24.3 Å². The van der Waals surface area contributed by atoms with Crippen LogP contribution in [0.4, 0.5) is 4.79 Å². The molecule has 0 unspecified atom stereocenters. The van der Waals surface area contributed by atoms with Gasteiger partial charge in [-0.25, -0.2) is 9.59 Å². The second kappa shape index (κ2) is 17.0. The molecule has 3 amide bonds. The van der Waals surface area contributed by atoms with Gasteiger partial charge in [-0.15, -0.1) is 0 Å². The van der Waals surface area contributed by atoms with Gasteiger partial charge in [-0.1, -0.05) is 62.4 Å². The molecule has 12 heteroatoms. The SMILES string of the molecule is CC(C)(C)OC(=O)N[C@@H](Cc1ccccc1)C(=O)N[C@H]1COC(=O)CCCCOC(=O)[C@H](O)[C@H](CC2CCCCC2)NC1=O. The summed E-state index contributed by atoms with van der Waals surface area (Å²) in [5, 5.41) is 18.8. The number of hydrogen-bond acceptors (Lipinski definition) is 9. The molecule has 1 saturated carbocycles. The molecule has 0 spiro atoms. The van der Waals surface area contributed by atoms with Crippen LogP contribution < -0.4 is 16.0 Å². The summed E-state index contributed by atoms with van der Waals surface area (Å²) in [4.78, 5) is 65.0. The van der Waals surface area contributed by atoms with Crippen molar-refractivity contribution >= 4 is 29.8 Å². The van der Waals surface area contributed by atoms with E-state index in [1.807, 2.05) is 6.07 Å². The number of nitrogens with one attached hydrogen (secondary N) is 3. The van der Waals surface area contributed by atoms with Crippen molar-refractivity contribution in [1.29, 1.82) is 0 Å². The van der Waals surface area contributed by atoms with Crippen molar-refractivity contribution in [1.82, 2.24) is 16.0 Å². The van der Waals surface area contributed by atoms with Gasteiger partial charge in [-0.2, -0.15) is 0 Å². The standard InChI is InChI=1S/C32H47N3O9/c1-32(2,3)44-31(41)35-24(19-22-14-8-5-9-15-22)28(38)34-25-20-43-26(36)16-10-11-17-42-30(40)27(37)23(33-29(25)39)18-21-12-6-4-7-13-21/h5,8-9,14-15,21,23-25,27,37H,4,6-7,10-13,16-20H2,1-3H3,(H,33,39)(H,34,38)(H,35,41)/t23-,24-,25-,27+/m0/s1. The Bertz CT molecular complexity index is 1120. The molecule has 2 aliphatic rings. The number of aliphatic hydroxyl groups excluding tert-OH is 1. The van der Waals surface area contributed by atoms with Gasteiger partial charge in [0.15, 0.2) is 6.10 Å². The first-order valence-corrected chi connectivity index (χ1v) is 15.6. The zero-order valence-electron chi connectivity index (χ0n) is 26.0. The minimum atomic E-state index is -1.61. The topological polar surface area (TPSA) is 169 Å². The molecule has 1 heterocycles. The predicted octanol–water partition coefficient (Wildman–Crippen LogP) is 2.69. The molecule has 3 rings (SSSR count). The maximum Gasteiger partial charge on any atom is 0.408 e. The van der Waals surface area contributed by atoms with E-state index in [2.05, 4.69) is 16.0 Å². The van der Waals surface area contributed by atoms with Crippen molar-refractivity contribution in [2.75, 3.05) is 13.2 Å². The van der Waals surface area contributed by atoms with E-state index >= 15 is 0 Å². The van der Waals surface area contributed by atoms with Crippen LogP contribution in [0.15, 0.2) is 30.3 Å². The third-order valence-electron chi connectivity index (χ3n) is 7.62. The van der Waals surface area contributed by atoms with Crippen LogP contribution in [-0.4, -0.2) is 78.0 Å². The number of amides is 3. The fraction of sp³-hybridized carbons (Fsp3) is 0.656. The van der Waals surface area contributed by atoms with Gasteiger partial charge in [0, 0.05) is 12.8 Å². The highest BCUT2D eigenvalue weighted by atomic mass is 16.6. The number of carbonyl (C=O) groups is 5. The van der Waals surface area contributed by atoms with E-state index in [4.69, 9.17) is 14.2 Å². The Labute approximate surface area is 259 Å². The Kier molecular flexibility index (Phi) is 13.4. The summed E-state index contributed by atoms with van der Waals surface area (Å²) in [5.41, 5.74) is -0.0633. The molecule has 0 radical (unpaired) electrons. The first-order chi connectivity index (χ1) is 20.9. The molecule has 1 aliphatic heterocycles. The van der Waals surface area contributed by atoms with Crippen molar-refractivity contribution in [3.8, 4) is 0 Å². The molecule has 4 atom stereocenters. The van der Waals surface area contributed by atoms with Gasteiger partial charge < -0.3 is 35.3 Å². The van der Waals surface area contributed by atoms with Gasteiger partial charge in [0.25, 0.3) is 0 Å². The lowest BCUT2D eigenvalue weighted by Crippen LogP contribution is -2.59. The van der Waals surface area contributed by atoms with Crippen LogP contribution in [0.1, 0.15) is 84.1 Å². The molecule has 2 fully saturated rings. The highest BCUT2D eigenvalue weighted by Crippen LogP contribution is 2.28. The molecule has 244 valence electrons. The Balaban J connectivity index is 1.83. The van der Waals surface area contributed by atoms with Crippen molar-refractivity contribution in [2.45, 2.75) is 115 Å². The van der Waals surface area contributed by atoms with E-state index in [1.165, 1.54) is 0 Å². The summed E-state index contributed by atoms with van der Waals surface area (Å²) >= 11 is 0. The van der Waals surface area contributed by atoms with Gasteiger partial charge in [-0.05, 0) is 51.5 Å². The maximum atomic E-state index is 13.6. The van der Waals surface area contributed by atoms with Crippen LogP contribution in [0, 0.1) is 5.92 Å². The minimum absolute atomic E-state index is 0.0174. The molecular weight excluding hydrogens is 570 g/mol. The summed E-state index contributed by atoms with van der Waals surface area (Å²) in [7, 11) is 0. The second-order valence-electron chi connectivity index (χ2n) is 12.6. The summed E-state index contributed by atoms with van der Waals surface area (Å²) in [6.07, 6.45) is 3.76. The van der Waals surface area contributed by atoms with Crippen LogP contribution in [0.3, 0.4) is 0 Å². The van der Waals surface area contributed by atoms with E-state index in [1.54, 1.807) is 45.0 Å². The van der Waals surface area contributed by atoms with Crippen molar-refractivity contribution in [2.24, 2.45) is 5.92 Å². The molecule has 12 nitrogen and oxygen atoms in total. The summed E-state index contributed by atoms with van der Waals surface area (Å²) in [6.45, 7) is 4.64. The first-order valence-electron chi connectivity index (χ1n) is 15.6. The Morgan fingerprint density at radius 1 is 1.02 bits per heavy atom. The van der Waals surface area contributed by atoms with E-state index in [0.29, 0.717) is 19.3 Å². The fourth-order valence-corrected chi connectivity index (χ4v) is 5.34. The van der Waals surface area contributed by atoms with Crippen molar-refractivity contribution in [3.05, 3.63) is 35.9 Å². The van der Waals surface area contributed by atoms with Crippen molar-refractivity contribution in [3.63, 3.8) is 0 Å². The lowest BCUT2D eigenvalue weighted by molar-refractivity contribution is -0.156. The third kappa shape index (κ3) is 12.1. The molecule has 44 heavy (non-hydrogen) atoms. The lowest BCUT2D eigenvalue weighted by atomic mass is 9.83. The van der Waals surface area contributed by atoms with Gasteiger partial charge in [0.2, 0.25) is 11.8 Å². The summed E-state index contributed by atoms with van der Waals surface area (Å²) in [6, 6.07) is 5.52. The first kappa shape index (κ1) is 34.8. The largest absolute Gasteiger partial charge is 0.464 e. The smallest absolute Gasteiger partial charge is 0.408 e. The molecule has 4 N–H and O–H groups in total. The van der Waals surface area contributed by atoms with Crippen LogP contribution >= 0.6 is 0 Å². The zero-order chi connectivity index (χ0) is 32.1. The Morgan fingerprint density at radius 2 is 1.73 bits per heavy atom. The van der Waals surface area contributed by atoms with Crippen LogP contribution in [0.25, 0.3) is 0 Å². The van der Waals surface area contributed by atoms with E-state index in [-0.39, 0.29) is 25.4 Å². The molecule has 0 aromatic heterocycles.